The molecule has 0 radical (unpaired) electrons. The van der Waals surface area contributed by atoms with Gasteiger partial charge in [-0.25, -0.2) is 4.79 Å². The molecule has 28 heavy (non-hydrogen) atoms. The normalized spacial score (nSPS) is 22.0. The van der Waals surface area contributed by atoms with Gasteiger partial charge in [-0.3, -0.25) is 9.59 Å². The van der Waals surface area contributed by atoms with Crippen LogP contribution < -0.4 is 0 Å². The van der Waals surface area contributed by atoms with E-state index in [4.69, 9.17) is 9.90 Å². The maximum atomic E-state index is 12.7. The van der Waals surface area contributed by atoms with Crippen molar-refractivity contribution in [2.24, 2.45) is 11.3 Å². The number of hydrogen-bond donors (Lipinski definition) is 1. The molecule has 0 atom stereocenters. The first kappa shape index (κ1) is 22.4. The van der Waals surface area contributed by atoms with Gasteiger partial charge >= 0.3 is 12.1 Å². The number of carbonyl (C=O) groups is 3. The molecule has 0 unspecified atom stereocenters. The first-order chi connectivity index (χ1) is 12.9. The first-order valence-corrected chi connectivity index (χ1v) is 9.46. The van der Waals surface area contributed by atoms with Gasteiger partial charge in [-0.2, -0.15) is 13.2 Å². The van der Waals surface area contributed by atoms with Crippen molar-refractivity contribution in [3.05, 3.63) is 0 Å². The zero-order valence-corrected chi connectivity index (χ0v) is 16.3. The highest BCUT2D eigenvalue weighted by Gasteiger charge is 2.48. The third-order valence-corrected chi connectivity index (χ3v) is 5.70. The number of nitrogens with zero attached hydrogens (tertiary/aromatic N) is 3. The molecule has 1 N–H and O–H groups in total. The Morgan fingerprint density at radius 1 is 1.14 bits per heavy atom. The topological polar surface area (TPSA) is 81.2 Å². The van der Waals surface area contributed by atoms with Crippen LogP contribution in [0.2, 0.25) is 0 Å². The van der Waals surface area contributed by atoms with Crippen molar-refractivity contribution >= 4 is 17.8 Å². The van der Waals surface area contributed by atoms with Gasteiger partial charge in [0.25, 0.3) is 0 Å². The van der Waals surface area contributed by atoms with Crippen LogP contribution in [0, 0.1) is 11.3 Å². The molecule has 2 amide bonds. The Morgan fingerprint density at radius 3 is 2.07 bits per heavy atom. The second-order valence-corrected chi connectivity index (χ2v) is 8.09. The number of aliphatic carboxylic acids is 1. The fourth-order valence-electron chi connectivity index (χ4n) is 3.64. The lowest BCUT2D eigenvalue weighted by atomic mass is 9.77. The monoisotopic (exact) mass is 407 g/mol. The van der Waals surface area contributed by atoms with E-state index in [2.05, 4.69) is 4.90 Å². The van der Waals surface area contributed by atoms with E-state index >= 15 is 0 Å². The van der Waals surface area contributed by atoms with Crippen molar-refractivity contribution in [2.75, 3.05) is 46.8 Å². The molecular formula is C18H28F3N3O4. The van der Waals surface area contributed by atoms with Crippen LogP contribution in [-0.2, 0) is 14.4 Å². The molecule has 1 aliphatic carbocycles. The summed E-state index contributed by atoms with van der Waals surface area (Å²) in [4.78, 5) is 39.3. The lowest BCUT2D eigenvalue weighted by Gasteiger charge is -2.38. The number of carbonyl (C=O) groups excluding carboxylic acids is 2. The van der Waals surface area contributed by atoms with Crippen LogP contribution in [0.4, 0.5) is 13.2 Å². The lowest BCUT2D eigenvalue weighted by molar-refractivity contribution is -0.192. The minimum Gasteiger partial charge on any atom is -0.475 e. The molecule has 160 valence electrons. The van der Waals surface area contributed by atoms with E-state index in [1.54, 1.807) is 23.9 Å². The summed E-state index contributed by atoms with van der Waals surface area (Å²) in [6.07, 6.45) is 0.586. The Labute approximate surface area is 162 Å². The van der Waals surface area contributed by atoms with Crippen molar-refractivity contribution in [1.82, 2.24) is 14.7 Å². The average molecular weight is 407 g/mol. The molecule has 3 rings (SSSR count). The number of alkyl halides is 3. The Morgan fingerprint density at radius 2 is 1.64 bits per heavy atom. The number of carboxylic acid groups (broad SMARTS) is 1. The number of piperidine rings is 1. The third-order valence-electron chi connectivity index (χ3n) is 5.70. The summed E-state index contributed by atoms with van der Waals surface area (Å²) in [6.45, 7) is 4.34. The van der Waals surface area contributed by atoms with Gasteiger partial charge in [-0.15, -0.1) is 0 Å². The first-order valence-electron chi connectivity index (χ1n) is 9.46. The third kappa shape index (κ3) is 5.83. The lowest BCUT2D eigenvalue weighted by Crippen LogP contribution is -2.46. The van der Waals surface area contributed by atoms with Gasteiger partial charge in [0, 0.05) is 27.2 Å². The summed E-state index contributed by atoms with van der Waals surface area (Å²) in [5.74, 6) is -1.59. The van der Waals surface area contributed by atoms with E-state index in [1.807, 2.05) is 0 Å². The Balaban J connectivity index is 0.000000345. The summed E-state index contributed by atoms with van der Waals surface area (Å²) in [5, 5.41) is 7.12. The molecule has 1 saturated carbocycles. The van der Waals surface area contributed by atoms with Crippen LogP contribution in [0.3, 0.4) is 0 Å². The minimum atomic E-state index is -5.08. The molecule has 3 aliphatic rings. The fourth-order valence-corrected chi connectivity index (χ4v) is 3.64. The van der Waals surface area contributed by atoms with Crippen molar-refractivity contribution < 1.29 is 32.7 Å². The molecule has 0 aromatic heterocycles. The quantitative estimate of drug-likeness (QED) is 0.763. The molecule has 0 aromatic rings. The number of amides is 2. The van der Waals surface area contributed by atoms with Crippen LogP contribution in [-0.4, -0.2) is 90.6 Å². The smallest absolute Gasteiger partial charge is 0.475 e. The zero-order chi connectivity index (χ0) is 21.1. The van der Waals surface area contributed by atoms with Gasteiger partial charge in [-0.05, 0) is 51.1 Å². The summed E-state index contributed by atoms with van der Waals surface area (Å²) < 4.78 is 31.7. The second kappa shape index (κ2) is 8.67. The molecule has 1 spiro atoms. The molecule has 10 heteroatoms. The highest BCUT2D eigenvalue weighted by atomic mass is 19.4. The molecule has 0 bridgehead atoms. The standard InChI is InChI=1S/C16H27N3O2.C2HF3O2/c1-17(2)14(20)12-19-10-7-16(15(19)21)5-8-18(9-6-16)11-13-3-4-13;3-2(4,5)1(6)7/h13H,3-12H2,1-2H3;(H,6,7). The molecule has 2 saturated heterocycles. The van der Waals surface area contributed by atoms with Gasteiger partial charge in [0.15, 0.2) is 0 Å². The van der Waals surface area contributed by atoms with Crippen LogP contribution in [0.25, 0.3) is 0 Å². The maximum absolute atomic E-state index is 12.7. The number of halogens is 3. The zero-order valence-electron chi connectivity index (χ0n) is 16.3. The van der Waals surface area contributed by atoms with E-state index < -0.39 is 12.1 Å². The summed E-state index contributed by atoms with van der Waals surface area (Å²) in [6, 6.07) is 0. The van der Waals surface area contributed by atoms with Gasteiger partial charge in [-0.1, -0.05) is 0 Å². The Bertz CT molecular complexity index is 597. The summed E-state index contributed by atoms with van der Waals surface area (Å²) >= 11 is 0. The molecule has 0 aromatic carbocycles. The van der Waals surface area contributed by atoms with Crippen LogP contribution in [0.5, 0.6) is 0 Å². The van der Waals surface area contributed by atoms with E-state index in [1.165, 1.54) is 19.4 Å². The Hall–Kier alpha value is -1.84. The van der Waals surface area contributed by atoms with Crippen molar-refractivity contribution in [3.8, 4) is 0 Å². The van der Waals surface area contributed by atoms with E-state index in [-0.39, 0.29) is 23.8 Å². The number of hydrogen-bond acceptors (Lipinski definition) is 4. The predicted octanol–water partition coefficient (Wildman–Crippen LogP) is 1.43. The van der Waals surface area contributed by atoms with Crippen LogP contribution in [0.15, 0.2) is 0 Å². The molecular weight excluding hydrogens is 379 g/mol. The van der Waals surface area contributed by atoms with Crippen molar-refractivity contribution in [1.29, 1.82) is 0 Å². The van der Waals surface area contributed by atoms with Gasteiger partial charge in [0.05, 0.1) is 12.0 Å². The van der Waals surface area contributed by atoms with E-state index in [0.717, 1.165) is 44.8 Å². The number of carboxylic acids is 1. The van der Waals surface area contributed by atoms with Gasteiger partial charge in [0.2, 0.25) is 11.8 Å². The Kier molecular flexibility index (Phi) is 6.95. The minimum absolute atomic E-state index is 0.0200. The number of rotatable bonds is 4. The summed E-state index contributed by atoms with van der Waals surface area (Å²) in [5.41, 5.74) is -0.160. The number of likely N-dealkylation sites (N-methyl/N-ethyl adjacent to an activating group) is 1. The average Bonchev–Trinajstić information content (AvgIpc) is 3.38. The fraction of sp³-hybridized carbons (Fsp3) is 0.833. The van der Waals surface area contributed by atoms with Gasteiger partial charge < -0.3 is 19.8 Å². The largest absolute Gasteiger partial charge is 0.490 e. The predicted molar refractivity (Wildman–Crippen MR) is 94.4 cm³/mol. The van der Waals surface area contributed by atoms with Crippen molar-refractivity contribution in [3.63, 3.8) is 0 Å². The van der Waals surface area contributed by atoms with Crippen molar-refractivity contribution in [2.45, 2.75) is 38.3 Å². The maximum Gasteiger partial charge on any atom is 0.490 e. The van der Waals surface area contributed by atoms with E-state index in [9.17, 15) is 22.8 Å². The highest BCUT2D eigenvalue weighted by Crippen LogP contribution is 2.42. The molecule has 7 nitrogen and oxygen atoms in total. The number of likely N-dealkylation sites (tertiary alicyclic amines) is 2. The van der Waals surface area contributed by atoms with E-state index in [0.29, 0.717) is 0 Å². The van der Waals surface area contributed by atoms with Gasteiger partial charge in [0.1, 0.15) is 0 Å². The van der Waals surface area contributed by atoms with Crippen LogP contribution >= 0.6 is 0 Å². The highest BCUT2D eigenvalue weighted by molar-refractivity contribution is 5.89. The summed E-state index contributed by atoms with van der Waals surface area (Å²) in [7, 11) is 3.49. The SMILES string of the molecule is CN(C)C(=O)CN1CCC2(CCN(CC3CC3)CC2)C1=O.O=C(O)C(F)(F)F. The second-order valence-electron chi connectivity index (χ2n) is 8.09. The molecule has 2 heterocycles. The molecule has 2 aliphatic heterocycles. The van der Waals surface area contributed by atoms with Crippen LogP contribution in [0.1, 0.15) is 32.1 Å². The molecule has 3 fully saturated rings.